The molecule has 0 unspecified atom stereocenters. The Morgan fingerprint density at radius 3 is 2.36 bits per heavy atom. The van der Waals surface area contributed by atoms with E-state index in [4.69, 9.17) is 14.2 Å². The van der Waals surface area contributed by atoms with Crippen LogP contribution in [0.15, 0.2) is 24.3 Å². The lowest BCUT2D eigenvalue weighted by Gasteiger charge is -2.36. The van der Waals surface area contributed by atoms with Gasteiger partial charge in [0.15, 0.2) is 0 Å². The first-order valence-corrected chi connectivity index (χ1v) is 9.89. The average molecular weight is 387 g/mol. The largest absolute Gasteiger partial charge is 0.474 e. The smallest absolute Gasteiger partial charge is 0.410 e. The number of hydrogen-bond acceptors (Lipinski definition) is 6. The van der Waals surface area contributed by atoms with Crippen LogP contribution in [0.4, 0.5) is 4.79 Å². The zero-order chi connectivity index (χ0) is 20.1. The highest BCUT2D eigenvalue weighted by atomic mass is 16.6. The zero-order valence-electron chi connectivity index (χ0n) is 17.1. The molecule has 2 heterocycles. The van der Waals surface area contributed by atoms with E-state index in [9.17, 15) is 4.79 Å². The number of ether oxygens (including phenoxy) is 3. The first kappa shape index (κ1) is 20.2. The molecule has 7 heteroatoms. The van der Waals surface area contributed by atoms with Gasteiger partial charge in [0.2, 0.25) is 0 Å². The molecule has 0 radical (unpaired) electrons. The van der Waals surface area contributed by atoms with Crippen LogP contribution in [0.25, 0.3) is 11.0 Å². The molecule has 1 aliphatic heterocycles. The van der Waals surface area contributed by atoms with Gasteiger partial charge in [0.05, 0.1) is 23.7 Å². The second-order valence-corrected chi connectivity index (χ2v) is 7.89. The Kier molecular flexibility index (Phi) is 6.21. The quantitative estimate of drug-likeness (QED) is 0.766. The van der Waals surface area contributed by atoms with Crippen molar-refractivity contribution in [3.8, 4) is 11.8 Å². The van der Waals surface area contributed by atoms with Gasteiger partial charge in [-0.15, -0.1) is 0 Å². The molecule has 1 amide bonds. The number of rotatable bonds is 5. The maximum absolute atomic E-state index is 12.6. The number of nitrogens with zero attached hydrogens (tertiary/aromatic N) is 3. The predicted octanol–water partition coefficient (Wildman–Crippen LogP) is 4.20. The number of piperidine rings is 1. The first-order valence-electron chi connectivity index (χ1n) is 9.89. The number of para-hydroxylation sites is 2. The fourth-order valence-electron chi connectivity index (χ4n) is 3.20. The van der Waals surface area contributed by atoms with Crippen molar-refractivity contribution in [1.82, 2.24) is 14.9 Å². The Bertz CT molecular complexity index is 819. The normalized spacial score (nSPS) is 17.4. The van der Waals surface area contributed by atoms with Crippen LogP contribution in [0, 0.1) is 0 Å². The van der Waals surface area contributed by atoms with E-state index in [1.165, 1.54) is 0 Å². The molecule has 7 nitrogen and oxygen atoms in total. The summed E-state index contributed by atoms with van der Waals surface area (Å²) >= 11 is 0. The molecule has 0 aliphatic carbocycles. The van der Waals surface area contributed by atoms with Crippen LogP contribution in [0.5, 0.6) is 11.8 Å². The highest BCUT2D eigenvalue weighted by Crippen LogP contribution is 2.27. The number of likely N-dealkylation sites (tertiary alicyclic amines) is 1. The summed E-state index contributed by atoms with van der Waals surface area (Å²) in [6.45, 7) is 8.98. The van der Waals surface area contributed by atoms with Crippen molar-refractivity contribution in [2.24, 2.45) is 0 Å². The van der Waals surface area contributed by atoms with Crippen molar-refractivity contribution in [3.05, 3.63) is 24.3 Å². The lowest BCUT2D eigenvalue weighted by Crippen LogP contribution is -2.48. The Morgan fingerprint density at radius 2 is 1.75 bits per heavy atom. The molecule has 1 aromatic heterocycles. The van der Waals surface area contributed by atoms with Crippen molar-refractivity contribution < 1.29 is 19.0 Å². The lowest BCUT2D eigenvalue weighted by molar-refractivity contribution is 0.00319. The highest BCUT2D eigenvalue weighted by molar-refractivity contribution is 5.75. The SMILES string of the molecule is CCOc1nc2ccccc2nc1OC[C@H]1CCCCN1C(=O)OC(C)(C)C. The van der Waals surface area contributed by atoms with Gasteiger partial charge < -0.3 is 19.1 Å². The molecule has 1 aromatic carbocycles. The maximum atomic E-state index is 12.6. The molecule has 0 bridgehead atoms. The van der Waals surface area contributed by atoms with Crippen molar-refractivity contribution >= 4 is 17.1 Å². The van der Waals surface area contributed by atoms with Gasteiger partial charge in [-0.25, -0.2) is 14.8 Å². The lowest BCUT2D eigenvalue weighted by atomic mass is 10.0. The molecule has 152 valence electrons. The Hall–Kier alpha value is -2.57. The second kappa shape index (κ2) is 8.63. The number of benzene rings is 1. The van der Waals surface area contributed by atoms with Crippen LogP contribution in [-0.2, 0) is 4.74 Å². The molecule has 1 atom stereocenters. The Morgan fingerprint density at radius 1 is 1.11 bits per heavy atom. The fraction of sp³-hybridized carbons (Fsp3) is 0.571. The average Bonchev–Trinajstić information content (AvgIpc) is 2.65. The van der Waals surface area contributed by atoms with E-state index >= 15 is 0 Å². The molecule has 0 N–H and O–H groups in total. The molecular formula is C21H29N3O4. The van der Waals surface area contributed by atoms with E-state index in [1.807, 2.05) is 52.0 Å². The van der Waals surface area contributed by atoms with Crippen molar-refractivity contribution in [2.75, 3.05) is 19.8 Å². The van der Waals surface area contributed by atoms with E-state index < -0.39 is 5.60 Å². The molecule has 1 fully saturated rings. The van der Waals surface area contributed by atoms with Gasteiger partial charge in [-0.1, -0.05) is 12.1 Å². The Labute approximate surface area is 166 Å². The molecule has 1 aliphatic rings. The molecule has 1 saturated heterocycles. The minimum atomic E-state index is -0.522. The van der Waals surface area contributed by atoms with E-state index in [2.05, 4.69) is 9.97 Å². The summed E-state index contributed by atoms with van der Waals surface area (Å²) in [7, 11) is 0. The van der Waals surface area contributed by atoms with Gasteiger partial charge >= 0.3 is 6.09 Å². The summed E-state index contributed by atoms with van der Waals surface area (Å²) in [5, 5.41) is 0. The van der Waals surface area contributed by atoms with Gasteiger partial charge in [-0.3, -0.25) is 0 Å². The number of fused-ring (bicyclic) bond motifs is 1. The third-order valence-corrected chi connectivity index (χ3v) is 4.46. The number of carbonyl (C=O) groups is 1. The highest BCUT2D eigenvalue weighted by Gasteiger charge is 2.31. The van der Waals surface area contributed by atoms with Crippen molar-refractivity contribution in [1.29, 1.82) is 0 Å². The van der Waals surface area contributed by atoms with Gasteiger partial charge in [-0.2, -0.15) is 0 Å². The van der Waals surface area contributed by atoms with Crippen LogP contribution >= 0.6 is 0 Å². The van der Waals surface area contributed by atoms with Gasteiger partial charge in [0, 0.05) is 6.54 Å². The minimum Gasteiger partial charge on any atom is -0.474 e. The predicted molar refractivity (Wildman–Crippen MR) is 107 cm³/mol. The molecule has 0 spiro atoms. The summed E-state index contributed by atoms with van der Waals surface area (Å²) < 4.78 is 17.2. The number of hydrogen-bond donors (Lipinski definition) is 0. The summed E-state index contributed by atoms with van der Waals surface area (Å²) in [6, 6.07) is 7.53. The molecule has 3 rings (SSSR count). The van der Waals surface area contributed by atoms with E-state index in [1.54, 1.807) is 4.90 Å². The van der Waals surface area contributed by atoms with Gasteiger partial charge in [-0.05, 0) is 59.1 Å². The summed E-state index contributed by atoms with van der Waals surface area (Å²) in [6.07, 6.45) is 2.59. The van der Waals surface area contributed by atoms with Crippen LogP contribution in [0.1, 0.15) is 47.0 Å². The first-order chi connectivity index (χ1) is 13.4. The van der Waals surface area contributed by atoms with E-state index in [0.717, 1.165) is 30.3 Å². The maximum Gasteiger partial charge on any atom is 0.410 e. The van der Waals surface area contributed by atoms with E-state index in [-0.39, 0.29) is 12.1 Å². The van der Waals surface area contributed by atoms with Crippen LogP contribution < -0.4 is 9.47 Å². The zero-order valence-corrected chi connectivity index (χ0v) is 17.1. The van der Waals surface area contributed by atoms with Crippen molar-refractivity contribution in [3.63, 3.8) is 0 Å². The molecule has 28 heavy (non-hydrogen) atoms. The van der Waals surface area contributed by atoms with E-state index in [0.29, 0.717) is 31.5 Å². The van der Waals surface area contributed by atoms with Gasteiger partial charge in [0.1, 0.15) is 12.2 Å². The monoisotopic (exact) mass is 387 g/mol. The summed E-state index contributed by atoms with van der Waals surface area (Å²) in [5.74, 6) is 0.732. The van der Waals surface area contributed by atoms with Crippen molar-refractivity contribution in [2.45, 2.75) is 58.6 Å². The third kappa shape index (κ3) is 5.03. The molecular weight excluding hydrogens is 358 g/mol. The number of amides is 1. The number of carbonyl (C=O) groups excluding carboxylic acids is 1. The summed E-state index contributed by atoms with van der Waals surface area (Å²) in [5.41, 5.74) is 0.978. The summed E-state index contributed by atoms with van der Waals surface area (Å²) in [4.78, 5) is 23.4. The Balaban J connectivity index is 1.75. The fourth-order valence-corrected chi connectivity index (χ4v) is 3.20. The van der Waals surface area contributed by atoms with Gasteiger partial charge in [0.25, 0.3) is 11.8 Å². The number of aromatic nitrogens is 2. The standard InChI is InChI=1S/C21H29N3O4/c1-5-26-18-19(23-17-12-7-6-11-16(17)22-18)27-14-15-10-8-9-13-24(15)20(25)28-21(2,3)4/h6-7,11-12,15H,5,8-10,13-14H2,1-4H3/t15-/m1/s1. The molecule has 2 aromatic rings. The second-order valence-electron chi connectivity index (χ2n) is 7.89. The van der Waals surface area contributed by atoms with Crippen LogP contribution in [0.2, 0.25) is 0 Å². The topological polar surface area (TPSA) is 73.8 Å². The minimum absolute atomic E-state index is 0.0636. The third-order valence-electron chi connectivity index (χ3n) is 4.46. The molecule has 0 saturated carbocycles. The van der Waals surface area contributed by atoms with Crippen LogP contribution in [-0.4, -0.2) is 52.4 Å². The van der Waals surface area contributed by atoms with Crippen LogP contribution in [0.3, 0.4) is 0 Å².